The first-order chi connectivity index (χ1) is 9.83. The van der Waals surface area contributed by atoms with Crippen LogP contribution >= 0.6 is 34.8 Å². The van der Waals surface area contributed by atoms with Gasteiger partial charge in [0.15, 0.2) is 6.61 Å². The van der Waals surface area contributed by atoms with E-state index in [-0.39, 0.29) is 32.5 Å². The number of ether oxygens (including phenoxy) is 1. The van der Waals surface area contributed by atoms with Gasteiger partial charge in [-0.05, 0) is 25.4 Å². The maximum absolute atomic E-state index is 11.9. The number of hydrogen-bond acceptors (Lipinski definition) is 4. The van der Waals surface area contributed by atoms with Crippen molar-refractivity contribution in [2.75, 3.05) is 25.4 Å². The van der Waals surface area contributed by atoms with E-state index in [0.29, 0.717) is 13.1 Å². The third-order valence-electron chi connectivity index (χ3n) is 2.77. The van der Waals surface area contributed by atoms with Crippen LogP contribution in [0.2, 0.25) is 15.2 Å². The fourth-order valence-corrected chi connectivity index (χ4v) is 2.18. The van der Waals surface area contributed by atoms with Crippen molar-refractivity contribution >= 4 is 52.4 Å². The van der Waals surface area contributed by atoms with Crippen LogP contribution in [0.25, 0.3) is 0 Å². The lowest BCUT2D eigenvalue weighted by molar-refractivity contribution is -0.380. The molecule has 0 aromatic carbocycles. The van der Waals surface area contributed by atoms with Crippen LogP contribution in [0.4, 0.5) is 5.69 Å². The highest BCUT2D eigenvalue weighted by Gasteiger charge is 2.28. The Morgan fingerprint density at radius 1 is 1.19 bits per heavy atom. The number of aromatic nitrogens is 1. The summed E-state index contributed by atoms with van der Waals surface area (Å²) in [6.07, 6.45) is 0. The minimum Gasteiger partial charge on any atom is -0.448 e. The first kappa shape index (κ1) is 17.8. The number of hydrogen-bond donors (Lipinski definition) is 1. The molecule has 21 heavy (non-hydrogen) atoms. The zero-order chi connectivity index (χ0) is 16.2. The normalized spacial score (nSPS) is 10.3. The number of nitrogens with one attached hydrogen (secondary N) is 1. The van der Waals surface area contributed by atoms with Gasteiger partial charge in [-0.1, -0.05) is 23.2 Å². The fourth-order valence-electron chi connectivity index (χ4n) is 1.58. The van der Waals surface area contributed by atoms with Crippen molar-refractivity contribution in [2.24, 2.45) is 0 Å². The van der Waals surface area contributed by atoms with E-state index in [0.717, 1.165) is 0 Å². The molecule has 1 aromatic heterocycles. The average Bonchev–Trinajstić information content (AvgIpc) is 2.47. The molecule has 0 aliphatic rings. The number of carbonyl (C=O) groups is 2. The van der Waals surface area contributed by atoms with Gasteiger partial charge in [-0.25, -0.2) is 4.79 Å². The van der Waals surface area contributed by atoms with Crippen LogP contribution in [0, 0.1) is 0 Å². The Kier molecular flexibility index (Phi) is 6.51. The monoisotopic (exact) mass is 354 g/mol. The molecule has 0 saturated heterocycles. The topological polar surface area (TPSA) is 86.8 Å². The molecule has 6 nitrogen and oxygen atoms in total. The van der Waals surface area contributed by atoms with E-state index in [1.54, 1.807) is 0 Å². The van der Waals surface area contributed by atoms with Gasteiger partial charge in [0.25, 0.3) is 11.1 Å². The number of esters is 1. The van der Waals surface area contributed by atoms with Gasteiger partial charge in [0, 0.05) is 13.1 Å². The lowest BCUT2D eigenvalue weighted by atomic mass is 10.3. The highest BCUT2D eigenvalue weighted by atomic mass is 35.5. The van der Waals surface area contributed by atoms with E-state index >= 15 is 0 Å². The Morgan fingerprint density at radius 2 is 1.76 bits per heavy atom. The van der Waals surface area contributed by atoms with Gasteiger partial charge in [-0.3, -0.25) is 4.79 Å². The number of amides is 1. The van der Waals surface area contributed by atoms with E-state index in [4.69, 9.17) is 45.3 Å². The number of nitrogens with two attached hydrogens (primary N) is 1. The summed E-state index contributed by atoms with van der Waals surface area (Å²) in [6, 6.07) is 0. The van der Waals surface area contributed by atoms with E-state index in [1.165, 1.54) is 4.90 Å². The van der Waals surface area contributed by atoms with Crippen LogP contribution in [0.1, 0.15) is 24.3 Å². The second kappa shape index (κ2) is 7.68. The van der Waals surface area contributed by atoms with E-state index in [2.05, 4.69) is 4.98 Å². The number of anilines is 1. The molecule has 0 spiro atoms. The summed E-state index contributed by atoms with van der Waals surface area (Å²) in [7, 11) is 0. The zero-order valence-corrected chi connectivity index (χ0v) is 13.8. The number of nitrogens with zero attached hydrogens (tertiary/aromatic N) is 1. The van der Waals surface area contributed by atoms with Gasteiger partial charge in [0.2, 0.25) is 0 Å². The molecule has 0 bridgehead atoms. The summed E-state index contributed by atoms with van der Waals surface area (Å²) in [5, 5.41) is -0.136. The average molecular weight is 356 g/mol. The van der Waals surface area contributed by atoms with E-state index < -0.39 is 12.6 Å². The largest absolute Gasteiger partial charge is 0.448 e. The van der Waals surface area contributed by atoms with Crippen molar-refractivity contribution in [3.05, 3.63) is 20.9 Å². The second-order valence-electron chi connectivity index (χ2n) is 4.00. The molecule has 0 fully saturated rings. The maximum Gasteiger partial charge on any atom is 0.405 e. The van der Waals surface area contributed by atoms with Crippen molar-refractivity contribution in [1.82, 2.24) is 4.90 Å². The van der Waals surface area contributed by atoms with Gasteiger partial charge < -0.3 is 15.4 Å². The first-order valence-electron chi connectivity index (χ1n) is 6.13. The predicted octanol–water partition coefficient (Wildman–Crippen LogP) is 2.07. The minimum atomic E-state index is -0.842. The summed E-state index contributed by atoms with van der Waals surface area (Å²) in [4.78, 5) is 27.7. The maximum atomic E-state index is 11.9. The molecule has 0 saturated carbocycles. The second-order valence-corrected chi connectivity index (χ2v) is 5.13. The van der Waals surface area contributed by atoms with E-state index in [1.807, 2.05) is 13.8 Å². The molecule has 1 amide bonds. The molecule has 1 aromatic rings. The lowest BCUT2D eigenvalue weighted by Gasteiger charge is -2.17. The SMILES string of the molecule is CCN(CC)C(=O)COC(=O)c1[nH+]c(Cl)c(Cl)c(N)c1Cl. The van der Waals surface area contributed by atoms with Crippen molar-refractivity contribution in [2.45, 2.75) is 13.8 Å². The Balaban J connectivity index is 2.84. The van der Waals surface area contributed by atoms with Crippen LogP contribution in [0.15, 0.2) is 0 Å². The number of nitrogen functional groups attached to an aromatic ring is 1. The van der Waals surface area contributed by atoms with Crippen LogP contribution in [0.5, 0.6) is 0 Å². The smallest absolute Gasteiger partial charge is 0.405 e. The molecule has 3 N–H and O–H groups in total. The lowest BCUT2D eigenvalue weighted by Crippen LogP contribution is -2.35. The van der Waals surface area contributed by atoms with Crippen molar-refractivity contribution in [1.29, 1.82) is 0 Å². The van der Waals surface area contributed by atoms with Crippen molar-refractivity contribution < 1.29 is 19.3 Å². The third-order valence-corrected chi connectivity index (χ3v) is 3.93. The number of halogens is 3. The van der Waals surface area contributed by atoms with Crippen molar-refractivity contribution in [3.63, 3.8) is 0 Å². The molecule has 0 unspecified atom stereocenters. The quantitative estimate of drug-likeness (QED) is 0.647. The van der Waals surface area contributed by atoms with Crippen LogP contribution in [-0.4, -0.2) is 36.5 Å². The molecule has 0 aliphatic carbocycles. The molecule has 0 radical (unpaired) electrons. The summed E-state index contributed by atoms with van der Waals surface area (Å²) >= 11 is 17.5. The zero-order valence-electron chi connectivity index (χ0n) is 11.5. The Bertz CT molecular complexity index is 562. The van der Waals surface area contributed by atoms with Crippen molar-refractivity contribution in [3.8, 4) is 0 Å². The number of carbonyl (C=O) groups excluding carboxylic acids is 2. The summed E-state index contributed by atoms with van der Waals surface area (Å²) in [6.45, 7) is 4.31. The molecular weight excluding hydrogens is 341 g/mol. The Hall–Kier alpha value is -1.24. The molecule has 0 aliphatic heterocycles. The van der Waals surface area contributed by atoms with Crippen LogP contribution < -0.4 is 10.7 Å². The molecule has 1 rings (SSSR count). The minimum absolute atomic E-state index is 0.0115. The fraction of sp³-hybridized carbons (Fsp3) is 0.417. The summed E-state index contributed by atoms with van der Waals surface area (Å²) in [5.41, 5.74) is 5.42. The highest BCUT2D eigenvalue weighted by molar-refractivity contribution is 6.45. The Labute approximate surface area is 137 Å². The number of rotatable bonds is 5. The number of likely N-dealkylation sites (N-methyl/N-ethyl adjacent to an activating group) is 1. The Morgan fingerprint density at radius 3 is 2.29 bits per heavy atom. The van der Waals surface area contributed by atoms with Gasteiger partial charge in [-0.15, -0.1) is 0 Å². The van der Waals surface area contributed by atoms with Gasteiger partial charge in [0.1, 0.15) is 10.0 Å². The highest BCUT2D eigenvalue weighted by Crippen LogP contribution is 2.32. The number of pyridine rings is 1. The number of aromatic amines is 1. The molecule has 0 atom stereocenters. The first-order valence-corrected chi connectivity index (χ1v) is 7.26. The molecule has 116 valence electrons. The molecule has 1 heterocycles. The molecular formula is C12H15Cl3N3O3+. The third kappa shape index (κ3) is 4.12. The van der Waals surface area contributed by atoms with Gasteiger partial charge in [-0.2, -0.15) is 4.98 Å². The van der Waals surface area contributed by atoms with Crippen LogP contribution in [-0.2, 0) is 9.53 Å². The van der Waals surface area contributed by atoms with Crippen LogP contribution in [0.3, 0.4) is 0 Å². The molecule has 9 heteroatoms. The number of H-pyrrole nitrogens is 1. The van der Waals surface area contributed by atoms with E-state index in [9.17, 15) is 9.59 Å². The standard InChI is InChI=1S/C12H14Cl3N3O3/c1-3-18(4-2)6(19)5-21-12(20)10-7(13)9(16)8(14)11(15)17-10/h3-5H2,1-2H3,(H2,16,17)/p+1. The van der Waals surface area contributed by atoms with Gasteiger partial charge >= 0.3 is 11.7 Å². The van der Waals surface area contributed by atoms with Gasteiger partial charge in [0.05, 0.1) is 5.69 Å². The summed E-state index contributed by atoms with van der Waals surface area (Å²) < 4.78 is 4.90. The predicted molar refractivity (Wildman–Crippen MR) is 80.7 cm³/mol. The summed E-state index contributed by atoms with van der Waals surface area (Å²) in [5.74, 6) is -1.15.